The van der Waals surface area contributed by atoms with Crippen LogP contribution in [0.3, 0.4) is 0 Å². The van der Waals surface area contributed by atoms with Crippen LogP contribution in [0.5, 0.6) is 0 Å². The molecule has 1 N–H and O–H groups in total. The summed E-state index contributed by atoms with van der Waals surface area (Å²) in [7, 11) is 1.62. The lowest BCUT2D eigenvalue weighted by Crippen LogP contribution is -2.23. The third kappa shape index (κ3) is 4.29. The number of furan rings is 1. The number of carboxylic acid groups (broad SMARTS) is 1. The molecule has 0 spiro atoms. The summed E-state index contributed by atoms with van der Waals surface area (Å²) >= 11 is 1.20. The summed E-state index contributed by atoms with van der Waals surface area (Å²) < 4.78 is 19.0. The fourth-order valence-corrected chi connectivity index (χ4v) is 4.02. The molecule has 2 aromatic carbocycles. The largest absolute Gasteiger partial charge is 0.478 e. The molecule has 156 valence electrons. The Morgan fingerprint density at radius 3 is 2.58 bits per heavy atom. The van der Waals surface area contributed by atoms with Gasteiger partial charge in [-0.05, 0) is 72.8 Å². The highest BCUT2D eigenvalue weighted by Crippen LogP contribution is 2.34. The molecule has 0 unspecified atom stereocenters. The van der Waals surface area contributed by atoms with E-state index in [1.165, 1.54) is 34.9 Å². The molecule has 0 aliphatic carbocycles. The van der Waals surface area contributed by atoms with Crippen LogP contribution in [0.2, 0.25) is 0 Å². The Hall–Kier alpha value is -3.65. The fraction of sp³-hybridized carbons (Fsp3) is 0.0870. The van der Waals surface area contributed by atoms with Gasteiger partial charge in [0.05, 0.1) is 16.2 Å². The van der Waals surface area contributed by atoms with Crippen molar-refractivity contribution in [1.82, 2.24) is 4.90 Å². The van der Waals surface area contributed by atoms with Gasteiger partial charge < -0.3 is 9.52 Å². The van der Waals surface area contributed by atoms with E-state index in [0.29, 0.717) is 27.3 Å². The molecular formula is C23H17FN2O4S. The highest BCUT2D eigenvalue weighted by atomic mass is 32.2. The molecule has 4 rings (SSSR count). The van der Waals surface area contributed by atoms with Gasteiger partial charge >= 0.3 is 5.97 Å². The van der Waals surface area contributed by atoms with Crippen molar-refractivity contribution in [2.45, 2.75) is 6.92 Å². The van der Waals surface area contributed by atoms with Crippen LogP contribution in [0.25, 0.3) is 17.4 Å². The number of hydrogen-bond acceptors (Lipinski definition) is 5. The van der Waals surface area contributed by atoms with Crippen LogP contribution in [0.4, 0.5) is 10.1 Å². The molecule has 0 atom stereocenters. The third-order valence-electron chi connectivity index (χ3n) is 4.69. The van der Waals surface area contributed by atoms with Crippen molar-refractivity contribution in [2.24, 2.45) is 4.99 Å². The average Bonchev–Trinajstić information content (AvgIpc) is 3.30. The number of carbonyl (C=O) groups is 2. The van der Waals surface area contributed by atoms with Crippen molar-refractivity contribution < 1.29 is 23.5 Å². The smallest absolute Gasteiger partial charge is 0.335 e. The van der Waals surface area contributed by atoms with Gasteiger partial charge in [0.15, 0.2) is 5.17 Å². The van der Waals surface area contributed by atoms with E-state index in [1.54, 1.807) is 49.5 Å². The summed E-state index contributed by atoms with van der Waals surface area (Å²) in [6, 6.07) is 14.0. The number of halogens is 1. The maximum absolute atomic E-state index is 13.1. The van der Waals surface area contributed by atoms with Crippen molar-refractivity contribution in [3.63, 3.8) is 0 Å². The van der Waals surface area contributed by atoms with E-state index < -0.39 is 5.97 Å². The molecular weight excluding hydrogens is 419 g/mol. The van der Waals surface area contributed by atoms with Crippen LogP contribution in [0, 0.1) is 12.7 Å². The second kappa shape index (κ2) is 8.23. The van der Waals surface area contributed by atoms with Gasteiger partial charge in [-0.1, -0.05) is 6.07 Å². The Kier molecular flexibility index (Phi) is 5.48. The molecule has 0 saturated carbocycles. The first-order valence-electron chi connectivity index (χ1n) is 9.28. The SMILES string of the molecule is Cc1cc(C(=O)O)ccc1-c1ccc(/C=C2\SC(=Nc3ccc(F)cc3)N(C)C2=O)o1. The lowest BCUT2D eigenvalue weighted by Gasteiger charge is -2.06. The van der Waals surface area contributed by atoms with E-state index in [-0.39, 0.29) is 17.3 Å². The molecule has 1 amide bonds. The minimum Gasteiger partial charge on any atom is -0.478 e. The predicted octanol–water partition coefficient (Wildman–Crippen LogP) is 5.33. The lowest BCUT2D eigenvalue weighted by atomic mass is 10.0. The van der Waals surface area contributed by atoms with Crippen LogP contribution >= 0.6 is 11.8 Å². The first-order chi connectivity index (χ1) is 14.8. The van der Waals surface area contributed by atoms with E-state index in [4.69, 9.17) is 9.52 Å². The second-order valence-corrected chi connectivity index (χ2v) is 7.89. The Balaban J connectivity index is 1.58. The number of amidine groups is 1. The van der Waals surface area contributed by atoms with Gasteiger partial charge in [0.25, 0.3) is 5.91 Å². The van der Waals surface area contributed by atoms with Gasteiger partial charge in [-0.3, -0.25) is 9.69 Å². The zero-order valence-corrected chi connectivity index (χ0v) is 17.4. The number of amides is 1. The van der Waals surface area contributed by atoms with Gasteiger partial charge in [0, 0.05) is 18.7 Å². The van der Waals surface area contributed by atoms with Crippen LogP contribution in [0.1, 0.15) is 21.7 Å². The molecule has 0 bridgehead atoms. The number of aliphatic imine (C=N–C) groups is 1. The minimum absolute atomic E-state index is 0.208. The van der Waals surface area contributed by atoms with E-state index in [0.717, 1.165) is 11.1 Å². The quantitative estimate of drug-likeness (QED) is 0.559. The Morgan fingerprint density at radius 1 is 1.16 bits per heavy atom. The fourth-order valence-electron chi connectivity index (χ4n) is 3.06. The van der Waals surface area contributed by atoms with Crippen LogP contribution in [-0.4, -0.2) is 34.1 Å². The first kappa shape index (κ1) is 20.6. The van der Waals surface area contributed by atoms with Crippen molar-refractivity contribution in [3.05, 3.63) is 82.2 Å². The predicted molar refractivity (Wildman–Crippen MR) is 118 cm³/mol. The highest BCUT2D eigenvalue weighted by Gasteiger charge is 2.30. The maximum atomic E-state index is 13.1. The van der Waals surface area contributed by atoms with E-state index in [1.807, 2.05) is 6.92 Å². The summed E-state index contributed by atoms with van der Waals surface area (Å²) in [5.74, 6) is -0.492. The van der Waals surface area contributed by atoms with Crippen LogP contribution in [-0.2, 0) is 4.79 Å². The van der Waals surface area contributed by atoms with E-state index in [2.05, 4.69) is 4.99 Å². The number of carbonyl (C=O) groups excluding carboxylic acids is 1. The van der Waals surface area contributed by atoms with E-state index >= 15 is 0 Å². The molecule has 0 radical (unpaired) electrons. The number of thioether (sulfide) groups is 1. The number of likely N-dealkylation sites (N-methyl/N-ethyl adjacent to an activating group) is 1. The lowest BCUT2D eigenvalue weighted by molar-refractivity contribution is -0.121. The Labute approximate surface area is 181 Å². The molecule has 31 heavy (non-hydrogen) atoms. The van der Waals surface area contributed by atoms with E-state index in [9.17, 15) is 14.0 Å². The third-order valence-corrected chi connectivity index (χ3v) is 5.75. The van der Waals surface area contributed by atoms with Gasteiger partial charge in [-0.25, -0.2) is 14.2 Å². The summed E-state index contributed by atoms with van der Waals surface area (Å²) in [5.41, 5.74) is 2.30. The standard InChI is InChI=1S/C23H17FN2O4S/c1-13-11-14(22(28)29)3-9-18(13)19-10-8-17(30-19)12-20-21(27)26(2)23(31-20)25-16-6-4-15(24)5-7-16/h3-12H,1-2H3,(H,28,29)/b20-12-,25-23?. The number of rotatable bonds is 4. The second-order valence-electron chi connectivity index (χ2n) is 6.88. The van der Waals surface area contributed by atoms with Gasteiger partial charge in [-0.2, -0.15) is 0 Å². The van der Waals surface area contributed by atoms with Gasteiger partial charge in [0.1, 0.15) is 17.3 Å². The maximum Gasteiger partial charge on any atom is 0.335 e. The Morgan fingerprint density at radius 2 is 1.90 bits per heavy atom. The van der Waals surface area contributed by atoms with Crippen molar-refractivity contribution in [2.75, 3.05) is 7.05 Å². The van der Waals surface area contributed by atoms with Crippen LogP contribution < -0.4 is 0 Å². The Bertz CT molecular complexity index is 1240. The van der Waals surface area contributed by atoms with Crippen LogP contribution in [0.15, 0.2) is 68.9 Å². The molecule has 8 heteroatoms. The number of nitrogens with zero attached hydrogens (tertiary/aromatic N) is 2. The average molecular weight is 436 g/mol. The molecule has 1 aliphatic rings. The number of benzene rings is 2. The normalized spacial score (nSPS) is 16.5. The number of hydrogen-bond donors (Lipinski definition) is 1. The summed E-state index contributed by atoms with van der Waals surface area (Å²) in [5, 5.41) is 9.59. The van der Waals surface area contributed by atoms with Gasteiger partial charge in [0.2, 0.25) is 0 Å². The molecule has 1 aliphatic heterocycles. The number of carboxylic acids is 1. The monoisotopic (exact) mass is 436 g/mol. The van der Waals surface area contributed by atoms with Crippen molar-refractivity contribution in [1.29, 1.82) is 0 Å². The van der Waals surface area contributed by atoms with Gasteiger partial charge in [-0.15, -0.1) is 0 Å². The molecule has 2 heterocycles. The van der Waals surface area contributed by atoms with Crippen molar-refractivity contribution in [3.8, 4) is 11.3 Å². The summed E-state index contributed by atoms with van der Waals surface area (Å²) in [4.78, 5) is 30.0. The topological polar surface area (TPSA) is 83.1 Å². The van der Waals surface area contributed by atoms with Crippen molar-refractivity contribution >= 4 is 40.6 Å². The summed E-state index contributed by atoms with van der Waals surface area (Å²) in [6.45, 7) is 1.81. The highest BCUT2D eigenvalue weighted by molar-refractivity contribution is 8.18. The molecule has 1 fully saturated rings. The zero-order valence-electron chi connectivity index (χ0n) is 16.6. The number of aryl methyl sites for hydroxylation is 1. The minimum atomic E-state index is -0.987. The molecule has 3 aromatic rings. The number of aromatic carboxylic acids is 1. The molecule has 1 saturated heterocycles. The molecule has 6 nitrogen and oxygen atoms in total. The zero-order chi connectivity index (χ0) is 22.1. The summed E-state index contributed by atoms with van der Waals surface area (Å²) in [6.07, 6.45) is 1.64. The molecule has 1 aromatic heterocycles. The first-order valence-corrected chi connectivity index (χ1v) is 10.1.